The molecule has 100 valence electrons. The zero-order valence-electron chi connectivity index (χ0n) is 11.7. The van der Waals surface area contributed by atoms with Gasteiger partial charge >= 0.3 is 0 Å². The topological polar surface area (TPSA) is 29.1 Å². The first-order valence-electron chi connectivity index (χ1n) is 6.77. The summed E-state index contributed by atoms with van der Waals surface area (Å²) >= 11 is 0. The van der Waals surface area contributed by atoms with Gasteiger partial charge in [0, 0.05) is 16.7 Å². The van der Waals surface area contributed by atoms with Crippen molar-refractivity contribution in [3.8, 4) is 0 Å². The minimum Gasteiger partial charge on any atom is -0.310 e. The van der Waals surface area contributed by atoms with E-state index in [4.69, 9.17) is 0 Å². The van der Waals surface area contributed by atoms with E-state index in [0.717, 1.165) is 23.6 Å². The van der Waals surface area contributed by atoms with Gasteiger partial charge in [-0.1, -0.05) is 31.5 Å². The Bertz CT molecular complexity index is 470. The molecule has 0 saturated heterocycles. The van der Waals surface area contributed by atoms with Crippen LogP contribution in [0.3, 0.4) is 0 Å². The van der Waals surface area contributed by atoms with Crippen LogP contribution in [0.2, 0.25) is 0 Å². The lowest BCUT2D eigenvalue weighted by atomic mass is 9.92. The number of nitrogens with one attached hydrogen (secondary N) is 1. The molecule has 0 aliphatic carbocycles. The minimum absolute atomic E-state index is 0.358. The third-order valence-electron chi connectivity index (χ3n) is 3.61. The number of fused-ring (bicyclic) bond motifs is 1. The van der Waals surface area contributed by atoms with Crippen LogP contribution in [0.4, 0.5) is 0 Å². The Morgan fingerprint density at radius 1 is 1.39 bits per heavy atom. The molecule has 1 aliphatic heterocycles. The Labute approximate surface area is 113 Å². The van der Waals surface area contributed by atoms with E-state index in [0.29, 0.717) is 12.0 Å². The zero-order chi connectivity index (χ0) is 13.3. The predicted molar refractivity (Wildman–Crippen MR) is 77.4 cm³/mol. The van der Waals surface area contributed by atoms with E-state index in [1.807, 2.05) is 0 Å². The van der Waals surface area contributed by atoms with Crippen LogP contribution in [0.5, 0.6) is 0 Å². The molecule has 1 aliphatic rings. The number of benzene rings is 1. The maximum absolute atomic E-state index is 12.3. The lowest BCUT2D eigenvalue weighted by Gasteiger charge is -2.33. The fourth-order valence-corrected chi connectivity index (χ4v) is 4.57. The van der Waals surface area contributed by atoms with Crippen LogP contribution in [0.25, 0.3) is 0 Å². The quantitative estimate of drug-likeness (QED) is 0.910. The largest absolute Gasteiger partial charge is 0.310 e. The molecule has 1 aromatic carbocycles. The van der Waals surface area contributed by atoms with Crippen LogP contribution < -0.4 is 5.32 Å². The van der Waals surface area contributed by atoms with Crippen molar-refractivity contribution >= 4 is 10.8 Å². The van der Waals surface area contributed by atoms with E-state index in [1.165, 1.54) is 16.7 Å². The molecule has 1 heterocycles. The van der Waals surface area contributed by atoms with Gasteiger partial charge in [-0.25, -0.2) is 0 Å². The highest BCUT2D eigenvalue weighted by Crippen LogP contribution is 2.36. The van der Waals surface area contributed by atoms with Crippen molar-refractivity contribution in [3.63, 3.8) is 0 Å². The molecule has 2 rings (SSSR count). The highest BCUT2D eigenvalue weighted by Gasteiger charge is 2.31. The summed E-state index contributed by atoms with van der Waals surface area (Å²) in [6.07, 6.45) is 1.13. The van der Waals surface area contributed by atoms with E-state index in [1.54, 1.807) is 0 Å². The Morgan fingerprint density at radius 2 is 2.11 bits per heavy atom. The Morgan fingerprint density at radius 3 is 2.78 bits per heavy atom. The Hall–Kier alpha value is -0.670. The molecule has 0 saturated carbocycles. The van der Waals surface area contributed by atoms with E-state index in [-0.39, 0.29) is 0 Å². The number of aryl methyl sites for hydroxylation is 2. The second-order valence-corrected chi connectivity index (χ2v) is 6.85. The maximum atomic E-state index is 12.3. The van der Waals surface area contributed by atoms with Crippen LogP contribution in [0.15, 0.2) is 17.0 Å². The molecule has 3 heteroatoms. The molecule has 0 amide bonds. The van der Waals surface area contributed by atoms with Crippen LogP contribution in [-0.2, 0) is 10.8 Å². The molecule has 18 heavy (non-hydrogen) atoms. The van der Waals surface area contributed by atoms with Gasteiger partial charge < -0.3 is 5.32 Å². The molecule has 3 atom stereocenters. The van der Waals surface area contributed by atoms with Gasteiger partial charge in [0.2, 0.25) is 0 Å². The van der Waals surface area contributed by atoms with Crippen LogP contribution >= 0.6 is 0 Å². The van der Waals surface area contributed by atoms with E-state index < -0.39 is 10.8 Å². The SMILES string of the molecule is CCCNC1c2cc(C)cc(C)c2S(=O)CC1C. The monoisotopic (exact) mass is 265 g/mol. The number of rotatable bonds is 3. The van der Waals surface area contributed by atoms with Gasteiger partial charge in [0.15, 0.2) is 0 Å². The average molecular weight is 265 g/mol. The lowest BCUT2D eigenvalue weighted by Crippen LogP contribution is -2.35. The van der Waals surface area contributed by atoms with Crippen LogP contribution in [-0.4, -0.2) is 16.5 Å². The van der Waals surface area contributed by atoms with Gasteiger partial charge in [-0.15, -0.1) is 0 Å². The maximum Gasteiger partial charge on any atom is 0.0539 e. The second kappa shape index (κ2) is 5.54. The molecule has 3 unspecified atom stereocenters. The van der Waals surface area contributed by atoms with Crippen molar-refractivity contribution in [1.82, 2.24) is 5.32 Å². The van der Waals surface area contributed by atoms with Gasteiger partial charge in [-0.3, -0.25) is 4.21 Å². The molecular formula is C15H23NOS. The third-order valence-corrected chi connectivity index (χ3v) is 5.45. The summed E-state index contributed by atoms with van der Waals surface area (Å²) < 4.78 is 12.3. The van der Waals surface area contributed by atoms with Crippen molar-refractivity contribution in [2.45, 2.75) is 45.1 Å². The second-order valence-electron chi connectivity index (χ2n) is 5.42. The smallest absolute Gasteiger partial charge is 0.0539 e. The van der Waals surface area contributed by atoms with Gasteiger partial charge in [0.05, 0.1) is 10.8 Å². The molecule has 0 radical (unpaired) electrons. The molecule has 0 bridgehead atoms. The van der Waals surface area contributed by atoms with Gasteiger partial charge in [0.25, 0.3) is 0 Å². The fourth-order valence-electron chi connectivity index (χ4n) is 2.87. The first-order valence-corrected chi connectivity index (χ1v) is 8.09. The highest BCUT2D eigenvalue weighted by atomic mass is 32.2. The summed E-state index contributed by atoms with van der Waals surface area (Å²) in [6, 6.07) is 4.71. The van der Waals surface area contributed by atoms with Crippen LogP contribution in [0, 0.1) is 19.8 Å². The molecule has 1 aromatic rings. The third kappa shape index (κ3) is 2.52. The molecule has 0 spiro atoms. The van der Waals surface area contributed by atoms with E-state index in [2.05, 4.69) is 45.1 Å². The Balaban J connectivity index is 2.46. The van der Waals surface area contributed by atoms with E-state index >= 15 is 0 Å². The predicted octanol–water partition coefficient (Wildman–Crippen LogP) is 3.10. The minimum atomic E-state index is -0.831. The molecule has 0 aromatic heterocycles. The van der Waals surface area contributed by atoms with Crippen molar-refractivity contribution in [2.24, 2.45) is 5.92 Å². The molecule has 2 nitrogen and oxygen atoms in total. The fraction of sp³-hybridized carbons (Fsp3) is 0.600. The summed E-state index contributed by atoms with van der Waals surface area (Å²) in [5.41, 5.74) is 3.71. The molecular weight excluding hydrogens is 242 g/mol. The lowest BCUT2D eigenvalue weighted by molar-refractivity contribution is 0.402. The first-order chi connectivity index (χ1) is 8.54. The zero-order valence-corrected chi connectivity index (χ0v) is 12.6. The molecule has 0 fully saturated rings. The summed E-state index contributed by atoms with van der Waals surface area (Å²) in [5.74, 6) is 1.21. The summed E-state index contributed by atoms with van der Waals surface area (Å²) in [5, 5.41) is 3.62. The highest BCUT2D eigenvalue weighted by molar-refractivity contribution is 7.85. The first kappa shape index (κ1) is 13.8. The van der Waals surface area contributed by atoms with Crippen molar-refractivity contribution in [2.75, 3.05) is 12.3 Å². The normalized spacial score (nSPS) is 27.0. The van der Waals surface area contributed by atoms with Crippen LogP contribution in [0.1, 0.15) is 43.0 Å². The Kier molecular flexibility index (Phi) is 4.23. The van der Waals surface area contributed by atoms with Crippen molar-refractivity contribution in [3.05, 3.63) is 28.8 Å². The summed E-state index contributed by atoms with van der Waals surface area (Å²) in [4.78, 5) is 1.08. The van der Waals surface area contributed by atoms with E-state index in [9.17, 15) is 4.21 Å². The van der Waals surface area contributed by atoms with Gasteiger partial charge in [-0.05, 0) is 43.9 Å². The molecule has 1 N–H and O–H groups in total. The van der Waals surface area contributed by atoms with Gasteiger partial charge in [-0.2, -0.15) is 0 Å². The summed E-state index contributed by atoms with van der Waals surface area (Å²) in [6.45, 7) is 9.60. The average Bonchev–Trinajstić information content (AvgIpc) is 2.27. The summed E-state index contributed by atoms with van der Waals surface area (Å²) in [7, 11) is -0.831. The standard InChI is InChI=1S/C15H23NOS/c1-5-6-16-14-12(4)9-18(17)15-11(3)7-10(2)8-13(14)15/h7-8,12,14,16H,5-6,9H2,1-4H3. The van der Waals surface area contributed by atoms with Gasteiger partial charge in [0.1, 0.15) is 0 Å². The number of hydrogen-bond acceptors (Lipinski definition) is 2. The number of hydrogen-bond donors (Lipinski definition) is 1. The van der Waals surface area contributed by atoms with Crippen molar-refractivity contribution < 1.29 is 4.21 Å². The van der Waals surface area contributed by atoms with Crippen molar-refractivity contribution in [1.29, 1.82) is 0 Å².